The fourth-order valence-corrected chi connectivity index (χ4v) is 4.08. The van der Waals surface area contributed by atoms with Crippen LogP contribution < -0.4 is 9.50 Å². The number of hydrogen-bond donors (Lipinski definition) is 1. The summed E-state index contributed by atoms with van der Waals surface area (Å²) in [5.41, 5.74) is -0.137. The van der Waals surface area contributed by atoms with Crippen molar-refractivity contribution in [3.05, 3.63) is 83.0 Å². The SMILES string of the molecule is CC(C)(C)NC(=O)N(Cc1ccco1)Cc1cc(Cl)ccc1OS(=O)(=O)c1ccc(F)cc1. The van der Waals surface area contributed by atoms with Crippen LogP contribution in [-0.2, 0) is 23.2 Å². The van der Waals surface area contributed by atoms with E-state index in [0.717, 1.165) is 24.3 Å². The van der Waals surface area contributed by atoms with Crippen LogP contribution in [0.2, 0.25) is 5.02 Å². The Morgan fingerprint density at radius 1 is 1.12 bits per heavy atom. The molecule has 2 aromatic carbocycles. The Balaban J connectivity index is 1.92. The van der Waals surface area contributed by atoms with Gasteiger partial charge >= 0.3 is 16.1 Å². The fourth-order valence-electron chi connectivity index (χ4n) is 2.92. The molecule has 0 spiro atoms. The molecule has 0 saturated heterocycles. The molecule has 0 atom stereocenters. The number of rotatable bonds is 7. The third-order valence-corrected chi connectivity index (χ3v) is 5.87. The first kappa shape index (κ1) is 24.6. The quantitative estimate of drug-likeness (QED) is 0.447. The van der Waals surface area contributed by atoms with Gasteiger partial charge in [0.25, 0.3) is 0 Å². The third kappa shape index (κ3) is 6.97. The molecule has 0 fully saturated rings. The Hall–Kier alpha value is -3.04. The first-order valence-electron chi connectivity index (χ1n) is 10.0. The van der Waals surface area contributed by atoms with Gasteiger partial charge in [-0.15, -0.1) is 0 Å². The molecule has 10 heteroatoms. The number of nitrogens with zero attached hydrogens (tertiary/aromatic N) is 1. The van der Waals surface area contributed by atoms with Crippen molar-refractivity contribution in [3.8, 4) is 5.75 Å². The smallest absolute Gasteiger partial charge is 0.339 e. The number of carbonyl (C=O) groups excluding carboxylic acids is 1. The topological polar surface area (TPSA) is 88.8 Å². The summed E-state index contributed by atoms with van der Waals surface area (Å²) >= 11 is 6.15. The van der Waals surface area contributed by atoms with Crippen LogP contribution in [0.15, 0.2) is 70.2 Å². The Morgan fingerprint density at radius 3 is 2.42 bits per heavy atom. The largest absolute Gasteiger partial charge is 0.467 e. The second kappa shape index (κ2) is 9.84. The summed E-state index contributed by atoms with van der Waals surface area (Å²) in [5.74, 6) is -0.0289. The molecule has 0 aliphatic rings. The first-order chi connectivity index (χ1) is 15.4. The minimum Gasteiger partial charge on any atom is -0.467 e. The summed E-state index contributed by atoms with van der Waals surface area (Å²) in [4.78, 5) is 14.2. The third-order valence-electron chi connectivity index (χ3n) is 4.38. The van der Waals surface area contributed by atoms with E-state index in [0.29, 0.717) is 16.3 Å². The van der Waals surface area contributed by atoms with Crippen LogP contribution in [0, 0.1) is 5.82 Å². The van der Waals surface area contributed by atoms with Crippen LogP contribution in [0.25, 0.3) is 0 Å². The van der Waals surface area contributed by atoms with E-state index in [1.165, 1.54) is 29.4 Å². The number of halogens is 2. The highest BCUT2D eigenvalue weighted by Crippen LogP contribution is 2.28. The molecular formula is C23H24ClFN2O5S. The van der Waals surface area contributed by atoms with E-state index in [1.54, 1.807) is 12.1 Å². The summed E-state index contributed by atoms with van der Waals surface area (Å²) in [6, 6.07) is 11.7. The fraction of sp³-hybridized carbons (Fsp3) is 0.261. The van der Waals surface area contributed by atoms with Crippen molar-refractivity contribution in [2.45, 2.75) is 44.3 Å². The van der Waals surface area contributed by atoms with E-state index in [1.807, 2.05) is 20.8 Å². The molecule has 0 bridgehead atoms. The molecule has 1 aromatic heterocycles. The lowest BCUT2D eigenvalue weighted by Crippen LogP contribution is -2.48. The summed E-state index contributed by atoms with van der Waals surface area (Å²) in [5, 5.41) is 3.22. The zero-order valence-corrected chi connectivity index (χ0v) is 19.9. The van der Waals surface area contributed by atoms with Crippen LogP contribution in [0.4, 0.5) is 9.18 Å². The minimum absolute atomic E-state index is 0.00303. The van der Waals surface area contributed by atoms with Crippen molar-refractivity contribution in [2.75, 3.05) is 0 Å². The highest BCUT2D eigenvalue weighted by Gasteiger charge is 2.24. The molecule has 0 aliphatic carbocycles. The first-order valence-corrected chi connectivity index (χ1v) is 11.8. The van der Waals surface area contributed by atoms with Crippen LogP contribution in [0.5, 0.6) is 5.75 Å². The summed E-state index contributed by atoms with van der Waals surface area (Å²) in [6.07, 6.45) is 1.50. The van der Waals surface area contributed by atoms with Gasteiger partial charge in [-0.25, -0.2) is 9.18 Å². The molecule has 3 aromatic rings. The number of amides is 2. The van der Waals surface area contributed by atoms with E-state index in [-0.39, 0.29) is 29.8 Å². The van der Waals surface area contributed by atoms with Gasteiger partial charge in [0, 0.05) is 16.1 Å². The summed E-state index contributed by atoms with van der Waals surface area (Å²) < 4.78 is 49.4. The van der Waals surface area contributed by atoms with Crippen molar-refractivity contribution in [1.82, 2.24) is 10.2 Å². The second-order valence-electron chi connectivity index (χ2n) is 8.36. The Bertz CT molecular complexity index is 1210. The molecule has 0 radical (unpaired) electrons. The van der Waals surface area contributed by atoms with Gasteiger partial charge in [0.15, 0.2) is 0 Å². The Labute approximate surface area is 197 Å². The summed E-state index contributed by atoms with van der Waals surface area (Å²) in [6.45, 7) is 5.65. The molecule has 7 nitrogen and oxygen atoms in total. The number of furan rings is 1. The average Bonchev–Trinajstić information content (AvgIpc) is 3.21. The zero-order chi connectivity index (χ0) is 24.2. The van der Waals surface area contributed by atoms with Crippen molar-refractivity contribution < 1.29 is 26.2 Å². The molecule has 0 saturated carbocycles. The minimum atomic E-state index is -4.25. The Morgan fingerprint density at radius 2 is 1.82 bits per heavy atom. The molecule has 1 heterocycles. The van der Waals surface area contributed by atoms with Gasteiger partial charge in [0.2, 0.25) is 0 Å². The van der Waals surface area contributed by atoms with Gasteiger partial charge in [0.05, 0.1) is 19.4 Å². The highest BCUT2D eigenvalue weighted by molar-refractivity contribution is 7.87. The van der Waals surface area contributed by atoms with Gasteiger partial charge in [-0.3, -0.25) is 0 Å². The van der Waals surface area contributed by atoms with Gasteiger partial charge in [-0.2, -0.15) is 8.42 Å². The maximum atomic E-state index is 13.2. The van der Waals surface area contributed by atoms with Crippen LogP contribution in [0.1, 0.15) is 32.1 Å². The second-order valence-corrected chi connectivity index (χ2v) is 10.3. The lowest BCUT2D eigenvalue weighted by Gasteiger charge is -2.28. The molecule has 3 rings (SSSR count). The zero-order valence-electron chi connectivity index (χ0n) is 18.3. The Kier molecular flexibility index (Phi) is 7.34. The number of nitrogens with one attached hydrogen (secondary N) is 1. The van der Waals surface area contributed by atoms with E-state index in [2.05, 4.69) is 5.32 Å². The van der Waals surface area contributed by atoms with E-state index in [4.69, 9.17) is 20.2 Å². The standard InChI is InChI=1S/C23H24ClFN2O5S/c1-23(2,3)26-22(28)27(15-19-5-4-12-31-19)14-16-13-17(24)6-11-21(16)32-33(29,30)20-9-7-18(25)8-10-20/h4-13H,14-15H2,1-3H3,(H,26,28). The van der Waals surface area contributed by atoms with Gasteiger partial charge in [-0.05, 0) is 75.4 Å². The van der Waals surface area contributed by atoms with Crippen LogP contribution in [0.3, 0.4) is 0 Å². The monoisotopic (exact) mass is 494 g/mol. The highest BCUT2D eigenvalue weighted by atomic mass is 35.5. The molecule has 0 aliphatic heterocycles. The molecular weight excluding hydrogens is 471 g/mol. The number of urea groups is 1. The average molecular weight is 495 g/mol. The molecule has 176 valence electrons. The van der Waals surface area contributed by atoms with Crippen LogP contribution in [-0.4, -0.2) is 24.9 Å². The molecule has 2 amide bonds. The normalized spacial score (nSPS) is 11.8. The van der Waals surface area contributed by atoms with Gasteiger partial charge in [-0.1, -0.05) is 11.6 Å². The van der Waals surface area contributed by atoms with Crippen molar-refractivity contribution in [1.29, 1.82) is 0 Å². The molecule has 0 unspecified atom stereocenters. The van der Waals surface area contributed by atoms with Crippen molar-refractivity contribution in [2.24, 2.45) is 0 Å². The van der Waals surface area contributed by atoms with Crippen molar-refractivity contribution >= 4 is 27.8 Å². The lowest BCUT2D eigenvalue weighted by molar-refractivity contribution is 0.178. The predicted octanol–water partition coefficient (Wildman–Crippen LogP) is 5.35. The number of hydrogen-bond acceptors (Lipinski definition) is 5. The van der Waals surface area contributed by atoms with Crippen molar-refractivity contribution in [3.63, 3.8) is 0 Å². The van der Waals surface area contributed by atoms with E-state index in [9.17, 15) is 17.6 Å². The predicted molar refractivity (Wildman–Crippen MR) is 122 cm³/mol. The lowest BCUT2D eigenvalue weighted by atomic mass is 10.1. The maximum absolute atomic E-state index is 13.2. The van der Waals surface area contributed by atoms with E-state index >= 15 is 0 Å². The maximum Gasteiger partial charge on any atom is 0.339 e. The van der Waals surface area contributed by atoms with Crippen LogP contribution >= 0.6 is 11.6 Å². The van der Waals surface area contributed by atoms with E-state index < -0.39 is 21.5 Å². The number of benzene rings is 2. The molecule has 33 heavy (non-hydrogen) atoms. The van der Waals surface area contributed by atoms with Gasteiger partial charge < -0.3 is 18.8 Å². The number of carbonyl (C=O) groups is 1. The van der Waals surface area contributed by atoms with Gasteiger partial charge in [0.1, 0.15) is 22.2 Å². The molecule has 1 N–H and O–H groups in total. The summed E-state index contributed by atoms with van der Waals surface area (Å²) in [7, 11) is -4.25.